The van der Waals surface area contributed by atoms with Crippen LogP contribution in [0, 0.1) is 12.8 Å². The van der Waals surface area contributed by atoms with Crippen molar-refractivity contribution in [3.63, 3.8) is 0 Å². The average molecular weight is 290 g/mol. The zero-order valence-electron chi connectivity index (χ0n) is 10.9. The third-order valence-electron chi connectivity index (χ3n) is 2.92. The van der Waals surface area contributed by atoms with Crippen LogP contribution in [0.25, 0.3) is 0 Å². The van der Waals surface area contributed by atoms with Crippen LogP contribution in [-0.2, 0) is 0 Å². The Morgan fingerprint density at radius 2 is 1.84 bits per heavy atom. The first kappa shape index (κ1) is 15.8. The van der Waals surface area contributed by atoms with Gasteiger partial charge in [0.15, 0.2) is 0 Å². The summed E-state index contributed by atoms with van der Waals surface area (Å²) in [5, 5.41) is 0. The molecule has 0 radical (unpaired) electrons. The molecular formula is C13H17F3N2S. The molecule has 19 heavy (non-hydrogen) atoms. The Balaban J connectivity index is 2.92. The predicted molar refractivity (Wildman–Crippen MR) is 75.4 cm³/mol. The van der Waals surface area contributed by atoms with E-state index >= 15 is 0 Å². The number of nitrogens with two attached hydrogens (primary N) is 1. The van der Waals surface area contributed by atoms with Crippen molar-refractivity contribution in [2.45, 2.75) is 20.0 Å². The molecular weight excluding hydrogens is 273 g/mol. The molecule has 0 fully saturated rings. The molecule has 0 saturated carbocycles. The van der Waals surface area contributed by atoms with E-state index in [1.54, 1.807) is 24.0 Å². The lowest BCUT2D eigenvalue weighted by Crippen LogP contribution is -2.43. The quantitative estimate of drug-likeness (QED) is 0.844. The normalized spacial score (nSPS) is 13.1. The highest BCUT2D eigenvalue weighted by atomic mass is 32.1. The molecule has 0 heterocycles. The molecule has 0 saturated heterocycles. The highest BCUT2D eigenvalue weighted by Crippen LogP contribution is 2.29. The number of halogens is 3. The summed E-state index contributed by atoms with van der Waals surface area (Å²) in [5.74, 6) is -1.79. The fourth-order valence-electron chi connectivity index (χ4n) is 1.75. The lowest BCUT2D eigenvalue weighted by Gasteiger charge is -2.29. The molecule has 0 amide bonds. The minimum absolute atomic E-state index is 0.252. The Hall–Kier alpha value is -1.30. The van der Waals surface area contributed by atoms with Crippen LogP contribution in [-0.4, -0.2) is 24.3 Å². The Kier molecular flexibility index (Phi) is 5.17. The standard InChI is InChI=1S/C13H17F3N2S/c1-3-18(10-6-4-9(2)5-7-10)8-11(12(17)19)13(14,15)16/h4-7,11H,3,8H2,1-2H3,(H2,17,19). The second kappa shape index (κ2) is 6.23. The van der Waals surface area contributed by atoms with Gasteiger partial charge in [-0.3, -0.25) is 0 Å². The number of thiocarbonyl (C=S) groups is 1. The van der Waals surface area contributed by atoms with Crippen molar-refractivity contribution >= 4 is 22.9 Å². The van der Waals surface area contributed by atoms with Crippen LogP contribution in [0.5, 0.6) is 0 Å². The number of aryl methyl sites for hydroxylation is 1. The van der Waals surface area contributed by atoms with E-state index in [-0.39, 0.29) is 6.54 Å². The van der Waals surface area contributed by atoms with Crippen LogP contribution < -0.4 is 10.6 Å². The molecule has 1 unspecified atom stereocenters. The van der Waals surface area contributed by atoms with Gasteiger partial charge in [-0.2, -0.15) is 13.2 Å². The van der Waals surface area contributed by atoms with Gasteiger partial charge in [-0.1, -0.05) is 29.9 Å². The average Bonchev–Trinajstić information content (AvgIpc) is 2.30. The second-order valence-electron chi connectivity index (χ2n) is 4.37. The lowest BCUT2D eigenvalue weighted by atomic mass is 10.1. The monoisotopic (exact) mass is 290 g/mol. The van der Waals surface area contributed by atoms with Gasteiger partial charge >= 0.3 is 6.18 Å². The van der Waals surface area contributed by atoms with E-state index < -0.39 is 17.1 Å². The largest absolute Gasteiger partial charge is 0.399 e. The van der Waals surface area contributed by atoms with Crippen molar-refractivity contribution in [1.82, 2.24) is 0 Å². The Labute approximate surface area is 116 Å². The summed E-state index contributed by atoms with van der Waals surface area (Å²) in [4.78, 5) is 1.11. The van der Waals surface area contributed by atoms with Crippen molar-refractivity contribution in [1.29, 1.82) is 0 Å². The molecule has 0 aromatic heterocycles. The van der Waals surface area contributed by atoms with Crippen LogP contribution in [0.15, 0.2) is 24.3 Å². The molecule has 2 N–H and O–H groups in total. The van der Waals surface area contributed by atoms with E-state index in [9.17, 15) is 13.2 Å². The van der Waals surface area contributed by atoms with Crippen molar-refractivity contribution in [2.24, 2.45) is 11.7 Å². The van der Waals surface area contributed by atoms with E-state index in [0.717, 1.165) is 11.3 Å². The number of hydrogen-bond donors (Lipinski definition) is 1. The first-order chi connectivity index (χ1) is 8.75. The number of nitrogens with zero attached hydrogens (tertiary/aromatic N) is 1. The van der Waals surface area contributed by atoms with Crippen LogP contribution in [0.2, 0.25) is 0 Å². The van der Waals surface area contributed by atoms with E-state index in [0.29, 0.717) is 6.54 Å². The van der Waals surface area contributed by atoms with Gasteiger partial charge in [-0.25, -0.2) is 0 Å². The van der Waals surface area contributed by atoms with Gasteiger partial charge in [0.2, 0.25) is 0 Å². The van der Waals surface area contributed by atoms with Gasteiger partial charge in [0.05, 0.1) is 4.99 Å². The smallest absolute Gasteiger partial charge is 0.393 e. The zero-order chi connectivity index (χ0) is 14.6. The van der Waals surface area contributed by atoms with Crippen LogP contribution >= 0.6 is 12.2 Å². The Bertz CT molecular complexity index is 429. The summed E-state index contributed by atoms with van der Waals surface area (Å²) in [7, 11) is 0. The maximum absolute atomic E-state index is 12.9. The topological polar surface area (TPSA) is 29.3 Å². The van der Waals surface area contributed by atoms with Gasteiger partial charge in [-0.05, 0) is 26.0 Å². The molecule has 1 aromatic carbocycles. The first-order valence-corrected chi connectivity index (χ1v) is 6.34. The summed E-state index contributed by atoms with van der Waals surface area (Å²) in [6.45, 7) is 3.93. The third-order valence-corrected chi connectivity index (χ3v) is 3.21. The summed E-state index contributed by atoms with van der Waals surface area (Å²) in [6.07, 6.45) is -4.41. The molecule has 1 aromatic rings. The molecule has 106 valence electrons. The van der Waals surface area contributed by atoms with Crippen molar-refractivity contribution < 1.29 is 13.2 Å². The van der Waals surface area contributed by atoms with Gasteiger partial charge in [0, 0.05) is 18.8 Å². The third kappa shape index (κ3) is 4.38. The molecule has 1 atom stereocenters. The highest BCUT2D eigenvalue weighted by Gasteiger charge is 2.42. The number of anilines is 1. The SMILES string of the molecule is CCN(CC(C(N)=S)C(F)(F)F)c1ccc(C)cc1. The number of hydrogen-bond acceptors (Lipinski definition) is 2. The molecule has 2 nitrogen and oxygen atoms in total. The van der Waals surface area contributed by atoms with Gasteiger partial charge in [0.25, 0.3) is 0 Å². The molecule has 0 aliphatic rings. The predicted octanol–water partition coefficient (Wildman–Crippen LogP) is 3.29. The minimum atomic E-state index is -4.41. The fourth-order valence-corrected chi connectivity index (χ4v) is 1.96. The van der Waals surface area contributed by atoms with Gasteiger partial charge < -0.3 is 10.6 Å². The van der Waals surface area contributed by atoms with Crippen molar-refractivity contribution in [3.05, 3.63) is 29.8 Å². The van der Waals surface area contributed by atoms with Crippen molar-refractivity contribution in [3.8, 4) is 0 Å². The molecule has 0 aliphatic carbocycles. The van der Waals surface area contributed by atoms with E-state index in [2.05, 4.69) is 12.2 Å². The molecule has 0 aliphatic heterocycles. The fraction of sp³-hybridized carbons (Fsp3) is 0.462. The summed E-state index contributed by atoms with van der Waals surface area (Å²) in [6, 6.07) is 7.32. The number of benzene rings is 1. The first-order valence-electron chi connectivity index (χ1n) is 5.93. The summed E-state index contributed by atoms with van der Waals surface area (Å²) in [5.41, 5.74) is 7.00. The van der Waals surface area contributed by atoms with Crippen molar-refractivity contribution in [2.75, 3.05) is 18.0 Å². The summed E-state index contributed by atoms with van der Waals surface area (Å²) >= 11 is 4.53. The highest BCUT2D eigenvalue weighted by molar-refractivity contribution is 7.80. The zero-order valence-corrected chi connectivity index (χ0v) is 11.7. The maximum atomic E-state index is 12.9. The molecule has 6 heteroatoms. The van der Waals surface area contributed by atoms with E-state index in [1.807, 2.05) is 19.1 Å². The number of rotatable bonds is 5. The van der Waals surface area contributed by atoms with Gasteiger partial charge in [-0.15, -0.1) is 0 Å². The summed E-state index contributed by atoms with van der Waals surface area (Å²) < 4.78 is 38.6. The second-order valence-corrected chi connectivity index (χ2v) is 4.84. The van der Waals surface area contributed by atoms with E-state index in [4.69, 9.17) is 5.73 Å². The molecule has 1 rings (SSSR count). The molecule has 0 bridgehead atoms. The van der Waals surface area contributed by atoms with E-state index in [1.165, 1.54) is 0 Å². The molecule has 0 spiro atoms. The lowest BCUT2D eigenvalue weighted by molar-refractivity contribution is -0.152. The Morgan fingerprint density at radius 3 is 2.21 bits per heavy atom. The van der Waals surface area contributed by atoms with Gasteiger partial charge in [0.1, 0.15) is 5.92 Å². The van der Waals surface area contributed by atoms with Crippen LogP contribution in [0.1, 0.15) is 12.5 Å². The number of alkyl halides is 3. The minimum Gasteiger partial charge on any atom is -0.393 e. The maximum Gasteiger partial charge on any atom is 0.399 e. The van der Waals surface area contributed by atoms with Crippen LogP contribution in [0.3, 0.4) is 0 Å². The Morgan fingerprint density at radius 1 is 1.32 bits per heavy atom. The van der Waals surface area contributed by atoms with Crippen LogP contribution in [0.4, 0.5) is 18.9 Å².